The van der Waals surface area contributed by atoms with Crippen molar-refractivity contribution in [3.63, 3.8) is 0 Å². The van der Waals surface area contributed by atoms with Crippen LogP contribution < -0.4 is 58.8 Å². The van der Waals surface area contributed by atoms with Crippen LogP contribution in [0, 0.1) is 44.7 Å². The van der Waals surface area contributed by atoms with E-state index in [0.717, 1.165) is 73.1 Å². The van der Waals surface area contributed by atoms with Gasteiger partial charge in [0.1, 0.15) is 23.8 Å². The fourth-order valence-electron chi connectivity index (χ4n) is 6.13. The Morgan fingerprint density at radius 3 is 1.18 bits per heavy atom. The molecular weight excluding hydrogens is 901 g/mol. The Kier molecular flexibility index (Phi) is 21.2. The number of pyridine rings is 2. The molecule has 0 aliphatic heterocycles. The Morgan fingerprint density at radius 1 is 0.580 bits per heavy atom. The maximum atomic E-state index is 12.2. The maximum Gasteiger partial charge on any atom is 0.327 e. The van der Waals surface area contributed by atoms with Gasteiger partial charge in [0.05, 0.1) is 17.4 Å². The zero-order chi connectivity index (χ0) is 31.5. The Hall–Kier alpha value is -2.82. The Labute approximate surface area is 346 Å². The van der Waals surface area contributed by atoms with Gasteiger partial charge in [0.2, 0.25) is 0 Å². The van der Waals surface area contributed by atoms with Crippen LogP contribution in [-0.2, 0) is 40.8 Å². The zero-order valence-corrected chi connectivity index (χ0v) is 34.6. The first-order valence-corrected chi connectivity index (χ1v) is 14.7. The van der Waals surface area contributed by atoms with Crippen LogP contribution in [0.2, 0.25) is 0 Å². The second kappa shape index (κ2) is 21.5. The normalized spacial score (nSPS) is 10.5. The van der Waals surface area contributed by atoms with E-state index in [-0.39, 0.29) is 101 Å². The van der Waals surface area contributed by atoms with Crippen LogP contribution in [0.3, 0.4) is 0 Å². The summed E-state index contributed by atoms with van der Waals surface area (Å²) in [5.74, 6) is 1.67. The summed E-state index contributed by atoms with van der Waals surface area (Å²) in [7, 11) is 0. The molecule has 0 amide bonds. The number of hydrogen-bond donors (Lipinski definition) is 0. The van der Waals surface area contributed by atoms with Gasteiger partial charge in [-0.2, -0.15) is 0 Å². The van der Waals surface area contributed by atoms with Crippen LogP contribution in [0.25, 0.3) is 22.3 Å². The number of aromatic nitrogens is 2. The second-order valence-electron chi connectivity index (χ2n) is 11.0. The van der Waals surface area contributed by atoms with E-state index in [2.05, 4.69) is 71.1 Å². The number of nitro groups is 1. The molecule has 2 aromatic heterocycles. The van der Waals surface area contributed by atoms with Gasteiger partial charge in [-0.1, -0.05) is 12.1 Å². The number of non-ortho nitro benzene ring substituents is 1. The third-order valence-corrected chi connectivity index (χ3v) is 8.00. The molecule has 0 unspecified atom stereocenters. The zero-order valence-electron chi connectivity index (χ0n) is 28.4. The van der Waals surface area contributed by atoms with Gasteiger partial charge in [0.25, 0.3) is 5.69 Å². The van der Waals surface area contributed by atoms with Crippen molar-refractivity contribution >= 4 is 41.1 Å². The number of hydrogen-bond acceptors (Lipinski definition) is 4. The molecule has 3 aromatic carbocycles. The van der Waals surface area contributed by atoms with Gasteiger partial charge in [0.15, 0.2) is 0 Å². The number of nitro benzene ring substituents is 1. The first-order chi connectivity index (χ1) is 21.1. The summed E-state index contributed by atoms with van der Waals surface area (Å²) < 4.78 is 4.16. The van der Waals surface area contributed by atoms with E-state index in [1.165, 1.54) is 0 Å². The number of rotatable bonds is 7. The maximum absolute atomic E-state index is 12.2. The summed E-state index contributed by atoms with van der Waals surface area (Å²) in [5.41, 5.74) is 10.9. The molecule has 50 heavy (non-hydrogen) atoms. The minimum Gasteiger partial charge on any atom is -1.00 e. The number of aryl methyl sites for hydroxylation is 4. The molecule has 0 radical (unpaired) electrons. The van der Waals surface area contributed by atoms with Crippen LogP contribution in [-0.4, -0.2) is 27.3 Å². The van der Waals surface area contributed by atoms with Crippen LogP contribution in [0.15, 0.2) is 85.2 Å². The SMILES string of the molecule is CC=[N+](c1ccccn1)c1c(C)cc(-c2cc([N+](=O)[O-])cc(-c3cc(C)c([N+](=CC)c4ccccn4)c(C)c3)c2C)cc1C.[Cl-].[Cl-].[Cl-].[Cl-].[Pd].[Pd]. The van der Waals surface area contributed by atoms with Gasteiger partial charge in [-0.3, -0.25) is 10.1 Å². The first kappa shape index (κ1) is 49.3. The van der Waals surface area contributed by atoms with Gasteiger partial charge >= 0.3 is 11.6 Å². The van der Waals surface area contributed by atoms with Crippen LogP contribution >= 0.6 is 0 Å². The fraction of sp³-hybridized carbons (Fsp3) is 0.189. The van der Waals surface area contributed by atoms with Crippen molar-refractivity contribution < 1.29 is 95.4 Å². The van der Waals surface area contributed by atoms with Crippen LogP contribution in [0.5, 0.6) is 0 Å². The van der Waals surface area contributed by atoms with Crippen molar-refractivity contribution in [2.45, 2.75) is 48.5 Å². The topological polar surface area (TPSA) is 74.9 Å². The molecule has 0 saturated carbocycles. The van der Waals surface area contributed by atoms with Gasteiger partial charge < -0.3 is 49.6 Å². The van der Waals surface area contributed by atoms with Crippen molar-refractivity contribution in [1.29, 1.82) is 0 Å². The third-order valence-electron chi connectivity index (χ3n) is 8.00. The van der Waals surface area contributed by atoms with E-state index >= 15 is 0 Å². The third kappa shape index (κ3) is 10.2. The number of benzene rings is 3. The van der Waals surface area contributed by atoms with Crippen molar-refractivity contribution in [1.82, 2.24) is 19.1 Å². The number of nitrogens with zero attached hydrogens (tertiary/aromatic N) is 5. The van der Waals surface area contributed by atoms with Crippen LogP contribution in [0.4, 0.5) is 28.7 Å². The molecule has 2 heterocycles. The van der Waals surface area contributed by atoms with Crippen molar-refractivity contribution in [3.05, 3.63) is 123 Å². The van der Waals surface area contributed by atoms with Gasteiger partial charge in [-0.05, 0) is 145 Å². The van der Waals surface area contributed by atoms with Gasteiger partial charge in [0, 0.05) is 65.1 Å². The number of halogens is 4. The molecule has 5 aromatic rings. The molecule has 0 N–H and O–H groups in total. The molecule has 0 spiro atoms. The van der Waals surface area contributed by atoms with Crippen molar-refractivity contribution in [2.75, 3.05) is 0 Å². The molecule has 0 saturated heterocycles. The molecule has 272 valence electrons. The van der Waals surface area contributed by atoms with E-state index in [1.807, 2.05) is 69.6 Å². The standard InChI is InChI=1S/C37H37N5O2.4ClH.2Pd/c1-8-40(34-14-10-12-16-38-34)36-24(3)18-29(19-25(36)4)32-22-31(42(43)44)23-33(28(32)7)30-20-26(5)37(27(6)21-30)41(9-2)35-15-11-13-17-39-35;;;;;;/h8-23H,1-7H3;4*1H;;/q+2;;;;;;/p-4. The molecule has 0 bridgehead atoms. The predicted octanol–water partition coefficient (Wildman–Crippen LogP) is -2.88. The molecule has 13 heteroatoms. The summed E-state index contributed by atoms with van der Waals surface area (Å²) in [6.45, 7) is 14.3. The predicted molar refractivity (Wildman–Crippen MR) is 183 cm³/mol. The molecule has 0 fully saturated rings. The van der Waals surface area contributed by atoms with E-state index < -0.39 is 0 Å². The molecule has 0 atom stereocenters. The Morgan fingerprint density at radius 2 is 0.920 bits per heavy atom. The fourth-order valence-corrected chi connectivity index (χ4v) is 6.13. The van der Waals surface area contributed by atoms with E-state index in [9.17, 15) is 10.1 Å². The smallest absolute Gasteiger partial charge is 0.327 e. The summed E-state index contributed by atoms with van der Waals surface area (Å²) in [4.78, 5) is 21.0. The Bertz CT molecular complexity index is 1800. The quantitative estimate of drug-likeness (QED) is 0.0579. The minimum absolute atomic E-state index is 0. The Balaban J connectivity index is 0. The second-order valence-corrected chi connectivity index (χ2v) is 11.0. The van der Waals surface area contributed by atoms with Crippen molar-refractivity contribution in [2.24, 2.45) is 0 Å². The summed E-state index contributed by atoms with van der Waals surface area (Å²) >= 11 is 0. The average molecular weight is 938 g/mol. The molecule has 0 aliphatic carbocycles. The average Bonchev–Trinajstić information content (AvgIpc) is 3.01. The van der Waals surface area contributed by atoms with Crippen molar-refractivity contribution in [3.8, 4) is 22.3 Å². The molecular formula is C37H37Cl4N5O2Pd2-2. The van der Waals surface area contributed by atoms with Gasteiger partial charge in [-0.25, -0.2) is 9.15 Å². The first-order valence-electron chi connectivity index (χ1n) is 14.7. The minimum atomic E-state index is -0.307. The van der Waals surface area contributed by atoms with E-state index in [0.29, 0.717) is 0 Å². The molecule has 5 rings (SSSR count). The molecule has 0 aliphatic rings. The van der Waals surface area contributed by atoms with E-state index in [4.69, 9.17) is 0 Å². The monoisotopic (exact) mass is 935 g/mol. The van der Waals surface area contributed by atoms with E-state index in [1.54, 1.807) is 24.5 Å². The summed E-state index contributed by atoms with van der Waals surface area (Å²) in [6.07, 6.45) is 7.58. The van der Waals surface area contributed by atoms with Crippen LogP contribution in [0.1, 0.15) is 41.7 Å². The summed E-state index contributed by atoms with van der Waals surface area (Å²) in [6, 6.07) is 23.5. The summed E-state index contributed by atoms with van der Waals surface area (Å²) in [5, 5.41) is 12.2. The van der Waals surface area contributed by atoms with Gasteiger partial charge in [-0.15, -0.1) is 0 Å². The largest absolute Gasteiger partial charge is 1.00 e. The molecule has 7 nitrogen and oxygen atoms in total.